The number of aromatic nitrogens is 3. The summed E-state index contributed by atoms with van der Waals surface area (Å²) in [5.74, 6) is 0.698. The molecule has 2 heterocycles. The van der Waals surface area contributed by atoms with Gasteiger partial charge < -0.3 is 4.57 Å². The predicted octanol–water partition coefficient (Wildman–Crippen LogP) is 12.0. The molecule has 3 heteroatoms. The van der Waals surface area contributed by atoms with Crippen LogP contribution in [-0.2, 0) is 0 Å². The van der Waals surface area contributed by atoms with Gasteiger partial charge in [0.25, 0.3) is 0 Å². The lowest BCUT2D eigenvalue weighted by molar-refractivity contribution is 1.17. The quantitative estimate of drug-likeness (QED) is 0.195. The van der Waals surface area contributed by atoms with Crippen molar-refractivity contribution in [3.8, 4) is 39.6 Å². The van der Waals surface area contributed by atoms with E-state index in [0.717, 1.165) is 39.2 Å². The zero-order valence-corrected chi connectivity index (χ0v) is 26.6. The molecule has 8 aromatic carbocycles. The molecule has 3 nitrogen and oxygen atoms in total. The van der Waals surface area contributed by atoms with Gasteiger partial charge >= 0.3 is 0 Å². The van der Waals surface area contributed by atoms with Gasteiger partial charge in [-0.1, -0.05) is 146 Å². The fourth-order valence-electron chi connectivity index (χ4n) is 7.50. The molecule has 0 fully saturated rings. The Labute approximate surface area is 283 Å². The van der Waals surface area contributed by atoms with Crippen molar-refractivity contribution in [2.24, 2.45) is 0 Å². The first-order valence-corrected chi connectivity index (χ1v) is 16.7. The van der Waals surface area contributed by atoms with Gasteiger partial charge in [-0.05, 0) is 57.3 Å². The number of hydrogen-bond acceptors (Lipinski definition) is 2. The molecule has 0 spiro atoms. The molecule has 10 aromatic rings. The van der Waals surface area contributed by atoms with Gasteiger partial charge in [-0.25, -0.2) is 9.97 Å². The summed E-state index contributed by atoms with van der Waals surface area (Å²) in [4.78, 5) is 10.4. The van der Waals surface area contributed by atoms with Crippen LogP contribution < -0.4 is 0 Å². The van der Waals surface area contributed by atoms with Crippen LogP contribution >= 0.6 is 0 Å². The maximum Gasteiger partial charge on any atom is 0.160 e. The van der Waals surface area contributed by atoms with Gasteiger partial charge in [0.15, 0.2) is 5.82 Å². The smallest absolute Gasteiger partial charge is 0.160 e. The zero-order chi connectivity index (χ0) is 32.3. The molecule has 0 radical (unpaired) electrons. The van der Waals surface area contributed by atoms with Crippen LogP contribution in [0.3, 0.4) is 0 Å². The molecule has 2 aromatic heterocycles. The molecular weight excluding hydrogens is 595 g/mol. The highest BCUT2D eigenvalue weighted by Crippen LogP contribution is 2.42. The van der Waals surface area contributed by atoms with Crippen molar-refractivity contribution >= 4 is 54.1 Å². The Morgan fingerprint density at radius 1 is 0.347 bits per heavy atom. The van der Waals surface area contributed by atoms with E-state index in [1.807, 2.05) is 12.1 Å². The molecule has 0 saturated heterocycles. The molecule has 49 heavy (non-hydrogen) atoms. The number of rotatable bonds is 4. The third-order valence-electron chi connectivity index (χ3n) is 9.75. The Hall–Kier alpha value is -6.58. The second-order valence-electron chi connectivity index (χ2n) is 12.6. The van der Waals surface area contributed by atoms with Crippen molar-refractivity contribution in [1.82, 2.24) is 14.5 Å². The van der Waals surface area contributed by atoms with Gasteiger partial charge in [0.1, 0.15) is 0 Å². The largest absolute Gasteiger partial charge is 0.309 e. The first kappa shape index (κ1) is 27.5. The Balaban J connectivity index is 1.31. The molecule has 0 bridgehead atoms. The van der Waals surface area contributed by atoms with E-state index in [2.05, 4.69) is 168 Å². The monoisotopic (exact) mass is 623 g/mol. The molecule has 0 saturated carbocycles. The third kappa shape index (κ3) is 4.44. The molecular formula is C46H29N3. The van der Waals surface area contributed by atoms with E-state index in [-0.39, 0.29) is 0 Å². The van der Waals surface area contributed by atoms with Gasteiger partial charge in [-0.15, -0.1) is 0 Å². The lowest BCUT2D eigenvalue weighted by atomic mass is 10.00. The van der Waals surface area contributed by atoms with Crippen LogP contribution in [0.25, 0.3) is 93.7 Å². The number of fused-ring (bicyclic) bond motifs is 8. The topological polar surface area (TPSA) is 30.7 Å². The molecule has 0 N–H and O–H groups in total. The standard InChI is InChI=1S/C46H29N3/c1-3-15-32(16-4-1)39-29-40(33-17-5-2-6-18-33)48-46(47-39)35-27-34-19-9-10-20-36(34)43(28-35)49-41-25-23-30-13-7-11-21-37(30)44(41)45-38-22-12-8-14-31(38)24-26-42(45)49/h1-29H. The Morgan fingerprint density at radius 2 is 0.816 bits per heavy atom. The fraction of sp³-hybridized carbons (Fsp3) is 0. The first-order chi connectivity index (χ1) is 24.3. The summed E-state index contributed by atoms with van der Waals surface area (Å²) in [6, 6.07) is 62.6. The van der Waals surface area contributed by atoms with Gasteiger partial charge in [0.2, 0.25) is 0 Å². The van der Waals surface area contributed by atoms with E-state index in [9.17, 15) is 0 Å². The number of nitrogens with zero attached hydrogens (tertiary/aromatic N) is 3. The summed E-state index contributed by atoms with van der Waals surface area (Å²) in [5, 5.41) is 9.84. The maximum atomic E-state index is 5.21. The van der Waals surface area contributed by atoms with E-state index < -0.39 is 0 Å². The summed E-state index contributed by atoms with van der Waals surface area (Å²) < 4.78 is 2.45. The SMILES string of the molecule is c1ccc(-c2cc(-c3ccccc3)nc(-c3cc(-n4c5ccc6ccccc6c5c5c6ccccc6ccc54)c4ccccc4c3)n2)cc1. The zero-order valence-electron chi connectivity index (χ0n) is 26.6. The summed E-state index contributed by atoms with van der Waals surface area (Å²) in [5.41, 5.74) is 8.35. The predicted molar refractivity (Wildman–Crippen MR) is 205 cm³/mol. The minimum Gasteiger partial charge on any atom is -0.309 e. The van der Waals surface area contributed by atoms with E-state index in [1.165, 1.54) is 48.7 Å². The van der Waals surface area contributed by atoms with Crippen LogP contribution in [0.15, 0.2) is 176 Å². The van der Waals surface area contributed by atoms with E-state index in [0.29, 0.717) is 5.82 Å². The molecule has 0 aliphatic carbocycles. The highest BCUT2D eigenvalue weighted by atomic mass is 15.0. The number of benzene rings is 8. The van der Waals surface area contributed by atoms with Crippen LogP contribution in [0.2, 0.25) is 0 Å². The van der Waals surface area contributed by atoms with Crippen LogP contribution in [0.5, 0.6) is 0 Å². The second kappa shape index (κ2) is 11.0. The average molecular weight is 624 g/mol. The second-order valence-corrected chi connectivity index (χ2v) is 12.6. The Kier molecular flexibility index (Phi) is 6.18. The molecule has 228 valence electrons. The molecule has 10 rings (SSSR count). The molecule has 0 atom stereocenters. The molecule has 0 aliphatic rings. The minimum atomic E-state index is 0.698. The van der Waals surface area contributed by atoms with Crippen molar-refractivity contribution in [3.63, 3.8) is 0 Å². The maximum absolute atomic E-state index is 5.21. The van der Waals surface area contributed by atoms with Crippen LogP contribution in [-0.4, -0.2) is 14.5 Å². The van der Waals surface area contributed by atoms with Crippen molar-refractivity contribution in [3.05, 3.63) is 176 Å². The first-order valence-electron chi connectivity index (χ1n) is 16.7. The van der Waals surface area contributed by atoms with Gasteiger partial charge in [-0.3, -0.25) is 0 Å². The van der Waals surface area contributed by atoms with Crippen molar-refractivity contribution in [2.75, 3.05) is 0 Å². The van der Waals surface area contributed by atoms with Crippen LogP contribution in [0, 0.1) is 0 Å². The van der Waals surface area contributed by atoms with Crippen LogP contribution in [0.1, 0.15) is 0 Å². The normalized spacial score (nSPS) is 11.7. The third-order valence-corrected chi connectivity index (χ3v) is 9.75. The van der Waals surface area contributed by atoms with Crippen LogP contribution in [0.4, 0.5) is 0 Å². The summed E-state index contributed by atoms with van der Waals surface area (Å²) >= 11 is 0. The van der Waals surface area contributed by atoms with E-state index in [1.54, 1.807) is 0 Å². The lowest BCUT2D eigenvalue weighted by Gasteiger charge is -2.15. The summed E-state index contributed by atoms with van der Waals surface area (Å²) in [6.07, 6.45) is 0. The van der Waals surface area contributed by atoms with Gasteiger partial charge in [-0.2, -0.15) is 0 Å². The average Bonchev–Trinajstić information content (AvgIpc) is 3.53. The summed E-state index contributed by atoms with van der Waals surface area (Å²) in [6.45, 7) is 0. The van der Waals surface area contributed by atoms with E-state index in [4.69, 9.17) is 9.97 Å². The Morgan fingerprint density at radius 3 is 1.37 bits per heavy atom. The van der Waals surface area contributed by atoms with Gasteiger partial charge in [0.05, 0.1) is 28.1 Å². The fourth-order valence-corrected chi connectivity index (χ4v) is 7.50. The summed E-state index contributed by atoms with van der Waals surface area (Å²) in [7, 11) is 0. The minimum absolute atomic E-state index is 0.698. The van der Waals surface area contributed by atoms with Gasteiger partial charge in [0, 0.05) is 32.8 Å². The van der Waals surface area contributed by atoms with E-state index >= 15 is 0 Å². The molecule has 0 unspecified atom stereocenters. The van der Waals surface area contributed by atoms with Crippen molar-refractivity contribution < 1.29 is 0 Å². The number of hydrogen-bond donors (Lipinski definition) is 0. The van der Waals surface area contributed by atoms with Crippen molar-refractivity contribution in [2.45, 2.75) is 0 Å². The molecule has 0 aliphatic heterocycles. The highest BCUT2D eigenvalue weighted by molar-refractivity contribution is 6.28. The highest BCUT2D eigenvalue weighted by Gasteiger charge is 2.20. The van der Waals surface area contributed by atoms with Crippen molar-refractivity contribution in [1.29, 1.82) is 0 Å². The molecule has 0 amide bonds. The Bertz CT molecular complexity index is 2720. The lowest BCUT2D eigenvalue weighted by Crippen LogP contribution is -1.99.